The van der Waals surface area contributed by atoms with E-state index in [0.29, 0.717) is 0 Å². The molecular weight excluding hydrogens is 98.0 g/mol. The number of nitrogens with zero attached hydrogens (tertiary/aromatic N) is 1. The molecule has 0 saturated heterocycles. The number of rotatable bonds is 2. The molecular formula is C3H7NO3. The minimum absolute atomic E-state index is 0.413. The Morgan fingerprint density at radius 2 is 2.29 bits per heavy atom. The van der Waals surface area contributed by atoms with Gasteiger partial charge in [-0.3, -0.25) is 0 Å². The van der Waals surface area contributed by atoms with Crippen LogP contribution in [0.4, 0.5) is 0 Å². The van der Waals surface area contributed by atoms with Gasteiger partial charge in [0, 0.05) is 0 Å². The maximum Gasteiger partial charge on any atom is 0.115 e. The van der Waals surface area contributed by atoms with Crippen LogP contribution in [0.15, 0.2) is 5.16 Å². The summed E-state index contributed by atoms with van der Waals surface area (Å²) in [6, 6.07) is 0. The molecule has 0 amide bonds. The summed E-state index contributed by atoms with van der Waals surface area (Å²) >= 11 is 0. The van der Waals surface area contributed by atoms with Gasteiger partial charge < -0.3 is 15.4 Å². The van der Waals surface area contributed by atoms with Crippen molar-refractivity contribution in [2.24, 2.45) is 5.16 Å². The predicted molar refractivity (Wildman–Crippen MR) is 23.4 cm³/mol. The van der Waals surface area contributed by atoms with Crippen LogP contribution in [0.5, 0.6) is 0 Å². The molecule has 0 bridgehead atoms. The third-order valence-electron chi connectivity index (χ3n) is 0.426. The van der Waals surface area contributed by atoms with Gasteiger partial charge in [-0.25, -0.2) is 0 Å². The monoisotopic (exact) mass is 105 g/mol. The topological polar surface area (TPSA) is 73.0 Å². The predicted octanol–water partition coefficient (Wildman–Crippen LogP) is -1.20. The molecule has 0 aliphatic carbocycles. The molecule has 0 aliphatic rings. The lowest BCUT2D eigenvalue weighted by Gasteiger charge is -1.92. The summed E-state index contributed by atoms with van der Waals surface area (Å²) in [4.78, 5) is 0. The van der Waals surface area contributed by atoms with Gasteiger partial charge in [-0.15, -0.1) is 0 Å². The van der Waals surface area contributed by atoms with E-state index in [4.69, 9.17) is 15.4 Å². The lowest BCUT2D eigenvalue weighted by atomic mass is 10.4. The first-order valence-electron chi connectivity index (χ1n) is 1.77. The zero-order valence-corrected chi connectivity index (χ0v) is 3.65. The van der Waals surface area contributed by atoms with Gasteiger partial charge in [0.2, 0.25) is 0 Å². The largest absolute Gasteiger partial charge is 0.411 e. The smallest absolute Gasteiger partial charge is 0.115 e. The van der Waals surface area contributed by atoms with Crippen LogP contribution in [0.1, 0.15) is 0 Å². The van der Waals surface area contributed by atoms with E-state index in [1.165, 1.54) is 0 Å². The average Bonchev–Trinajstić information content (AvgIpc) is 1.68. The van der Waals surface area contributed by atoms with Crippen molar-refractivity contribution >= 4 is 6.21 Å². The van der Waals surface area contributed by atoms with E-state index in [0.717, 1.165) is 6.21 Å². The molecule has 3 N–H and O–H groups in total. The average molecular weight is 105 g/mol. The third kappa shape index (κ3) is 3.21. The molecule has 0 aliphatic heterocycles. The molecule has 4 nitrogen and oxygen atoms in total. The summed E-state index contributed by atoms with van der Waals surface area (Å²) in [5.41, 5.74) is 0. The molecule has 4 heteroatoms. The molecule has 0 saturated carbocycles. The molecule has 42 valence electrons. The zero-order chi connectivity index (χ0) is 5.70. The Kier molecular flexibility index (Phi) is 3.26. The van der Waals surface area contributed by atoms with Crippen LogP contribution in [-0.2, 0) is 0 Å². The van der Waals surface area contributed by atoms with Gasteiger partial charge in [0.15, 0.2) is 0 Å². The van der Waals surface area contributed by atoms with Crippen molar-refractivity contribution in [3.05, 3.63) is 0 Å². The number of oxime groups is 1. The summed E-state index contributed by atoms with van der Waals surface area (Å²) in [6.45, 7) is -0.413. The number of aliphatic hydroxyl groups excluding tert-OH is 2. The molecule has 0 heterocycles. The van der Waals surface area contributed by atoms with Crippen molar-refractivity contribution in [3.63, 3.8) is 0 Å². The van der Waals surface area contributed by atoms with E-state index in [2.05, 4.69) is 5.16 Å². The maximum absolute atomic E-state index is 8.30. The highest BCUT2D eigenvalue weighted by Gasteiger charge is 1.92. The highest BCUT2D eigenvalue weighted by Crippen LogP contribution is 1.70. The van der Waals surface area contributed by atoms with Gasteiger partial charge in [-0.1, -0.05) is 5.16 Å². The number of hydrogen-bond acceptors (Lipinski definition) is 4. The van der Waals surface area contributed by atoms with Crippen LogP contribution in [0.3, 0.4) is 0 Å². The van der Waals surface area contributed by atoms with E-state index in [1.54, 1.807) is 0 Å². The first kappa shape index (κ1) is 6.39. The highest BCUT2D eigenvalue weighted by atomic mass is 16.4. The van der Waals surface area contributed by atoms with Crippen molar-refractivity contribution in [2.75, 3.05) is 6.61 Å². The van der Waals surface area contributed by atoms with Gasteiger partial charge in [0.05, 0.1) is 12.8 Å². The first-order valence-corrected chi connectivity index (χ1v) is 1.77. The molecule has 0 aromatic heterocycles. The molecule has 0 aromatic rings. The fourth-order valence-electron chi connectivity index (χ4n) is 0.124. The summed E-state index contributed by atoms with van der Waals surface area (Å²) in [5.74, 6) is 0. The quantitative estimate of drug-likeness (QED) is 0.234. The van der Waals surface area contributed by atoms with E-state index < -0.39 is 12.7 Å². The van der Waals surface area contributed by atoms with Gasteiger partial charge in [0.25, 0.3) is 0 Å². The molecule has 0 rings (SSSR count). The van der Waals surface area contributed by atoms with Crippen LogP contribution in [0.25, 0.3) is 0 Å². The van der Waals surface area contributed by atoms with Crippen LogP contribution >= 0.6 is 0 Å². The second-order valence-corrected chi connectivity index (χ2v) is 1.01. The molecule has 0 aromatic carbocycles. The highest BCUT2D eigenvalue weighted by molar-refractivity contribution is 5.61. The molecule has 0 fully saturated rings. The minimum atomic E-state index is -1.04. The standard InChI is InChI=1S/C3H7NO3/c5-2-3(6)1-4-7/h1,3,5-7H,2H2. The fourth-order valence-corrected chi connectivity index (χ4v) is 0.124. The maximum atomic E-state index is 8.30. The van der Waals surface area contributed by atoms with Crippen molar-refractivity contribution in [3.8, 4) is 0 Å². The van der Waals surface area contributed by atoms with Gasteiger partial charge >= 0.3 is 0 Å². The Bertz CT molecular complexity index is 63.2. The van der Waals surface area contributed by atoms with E-state index >= 15 is 0 Å². The van der Waals surface area contributed by atoms with Gasteiger partial charge in [0.1, 0.15) is 6.10 Å². The van der Waals surface area contributed by atoms with Crippen LogP contribution < -0.4 is 0 Å². The summed E-state index contributed by atoms with van der Waals surface area (Å²) in [6.07, 6.45) is -0.204. The number of hydrogen-bond donors (Lipinski definition) is 3. The zero-order valence-electron chi connectivity index (χ0n) is 3.65. The van der Waals surface area contributed by atoms with Crippen molar-refractivity contribution < 1.29 is 15.4 Å². The van der Waals surface area contributed by atoms with Crippen LogP contribution in [-0.4, -0.2) is 34.3 Å². The summed E-state index contributed by atoms with van der Waals surface area (Å²) in [5, 5.41) is 26.4. The molecule has 1 atom stereocenters. The lowest BCUT2D eigenvalue weighted by Crippen LogP contribution is -2.12. The van der Waals surface area contributed by atoms with Crippen LogP contribution in [0, 0.1) is 0 Å². The normalized spacial score (nSPS) is 15.1. The Morgan fingerprint density at radius 3 is 2.43 bits per heavy atom. The fraction of sp³-hybridized carbons (Fsp3) is 0.667. The second-order valence-electron chi connectivity index (χ2n) is 1.01. The van der Waals surface area contributed by atoms with E-state index in [9.17, 15) is 0 Å². The lowest BCUT2D eigenvalue weighted by molar-refractivity contribution is 0.145. The molecule has 7 heavy (non-hydrogen) atoms. The summed E-state index contributed by atoms with van der Waals surface area (Å²) < 4.78 is 0. The third-order valence-corrected chi connectivity index (χ3v) is 0.426. The van der Waals surface area contributed by atoms with Crippen molar-refractivity contribution in [1.82, 2.24) is 0 Å². The summed E-state index contributed by atoms with van der Waals surface area (Å²) in [7, 11) is 0. The Balaban J connectivity index is 3.16. The SMILES string of the molecule is OCC(O)C=NO. The Hall–Kier alpha value is -0.610. The molecule has 0 spiro atoms. The van der Waals surface area contributed by atoms with Gasteiger partial charge in [-0.05, 0) is 0 Å². The first-order chi connectivity index (χ1) is 3.31. The van der Waals surface area contributed by atoms with E-state index in [-0.39, 0.29) is 0 Å². The van der Waals surface area contributed by atoms with Crippen molar-refractivity contribution in [2.45, 2.75) is 6.10 Å². The Labute approximate surface area is 40.7 Å². The molecule has 0 radical (unpaired) electrons. The minimum Gasteiger partial charge on any atom is -0.411 e. The van der Waals surface area contributed by atoms with Gasteiger partial charge in [-0.2, -0.15) is 0 Å². The molecule has 1 unspecified atom stereocenters. The second kappa shape index (κ2) is 3.58. The van der Waals surface area contributed by atoms with Crippen LogP contribution in [0.2, 0.25) is 0 Å². The Morgan fingerprint density at radius 1 is 1.71 bits per heavy atom. The van der Waals surface area contributed by atoms with E-state index in [1.807, 2.05) is 0 Å². The number of aliphatic hydroxyl groups is 2. The van der Waals surface area contributed by atoms with Crippen molar-refractivity contribution in [1.29, 1.82) is 0 Å².